The number of carbonyl (C=O) groups excluding carboxylic acids is 1. The summed E-state index contributed by atoms with van der Waals surface area (Å²) in [6.07, 6.45) is 30.1. The van der Waals surface area contributed by atoms with Crippen LogP contribution in [-0.2, 0) is 38.3 Å². The second kappa shape index (κ2) is 37.8. The molecule has 0 aromatic carbocycles. The maximum atomic E-state index is 12.8. The lowest BCUT2D eigenvalue weighted by atomic mass is 9.99. The molecule has 0 aromatic heterocycles. The van der Waals surface area contributed by atoms with Gasteiger partial charge in [0.15, 0.2) is 6.29 Å². The lowest BCUT2D eigenvalue weighted by Gasteiger charge is -2.41. The first-order valence-electron chi connectivity index (χ1n) is 23.8. The first kappa shape index (κ1) is 55.1. The normalized spacial score (nSPS) is 20.4. The molecule has 1 fully saturated rings. The Morgan fingerprint density at radius 1 is 0.586 bits per heavy atom. The third-order valence-electron chi connectivity index (χ3n) is 11.2. The van der Waals surface area contributed by atoms with Crippen molar-refractivity contribution in [2.75, 3.05) is 26.4 Å². The highest BCUT2D eigenvalue weighted by Crippen LogP contribution is 2.26. The van der Waals surface area contributed by atoms with Crippen molar-refractivity contribution in [3.05, 3.63) is 0 Å². The van der Waals surface area contributed by atoms with Gasteiger partial charge < -0.3 is 34.3 Å². The number of ether oxygens (including phenoxy) is 4. The molecule has 1 aliphatic rings. The molecular formula is C45H88O12S. The minimum absolute atomic E-state index is 0.0444. The van der Waals surface area contributed by atoms with E-state index in [9.17, 15) is 28.5 Å². The topological polar surface area (TPSA) is 178 Å². The molecule has 1 heterocycles. The number of rotatable bonds is 42. The van der Waals surface area contributed by atoms with Crippen LogP contribution in [0.4, 0.5) is 0 Å². The van der Waals surface area contributed by atoms with Crippen LogP contribution < -0.4 is 0 Å². The zero-order valence-electron chi connectivity index (χ0n) is 36.9. The average Bonchev–Trinajstić information content (AvgIpc) is 3.19. The monoisotopic (exact) mass is 853 g/mol. The van der Waals surface area contributed by atoms with Gasteiger partial charge in [-0.1, -0.05) is 200 Å². The van der Waals surface area contributed by atoms with Crippen LogP contribution in [0.1, 0.15) is 219 Å². The standard InChI is InChI=1S/C45H88O12S/c1-3-5-7-9-11-13-15-16-17-18-19-20-21-22-23-24-25-27-29-31-33-35-53-37-39(55-41(47)34-32-30-28-26-14-12-10-8-6-4-2)38-54-45-43(49)44(57-58(50,51)52)42(48)40(36-46)56-45/h39-40,42-46,48-49H,3-38H2,1-2H3,(H,50,51,52). The van der Waals surface area contributed by atoms with E-state index in [0.717, 1.165) is 38.5 Å². The van der Waals surface area contributed by atoms with Crippen molar-refractivity contribution < 1.29 is 56.2 Å². The van der Waals surface area contributed by atoms with E-state index in [4.69, 9.17) is 23.5 Å². The Labute approximate surface area is 354 Å². The SMILES string of the molecule is CCCCCCCCCCCCCCCCCCCCCCCOCC(COC1OC(CO)C(O)C(OS(=O)(=O)O)C1O)OC(=O)CCCCCCCCCCCC. The molecule has 58 heavy (non-hydrogen) atoms. The molecule has 4 N–H and O–H groups in total. The number of aliphatic hydroxyl groups is 3. The van der Waals surface area contributed by atoms with Crippen LogP contribution >= 0.6 is 0 Å². The Morgan fingerprint density at radius 3 is 1.38 bits per heavy atom. The number of carbonyl (C=O) groups is 1. The molecule has 0 bridgehead atoms. The summed E-state index contributed by atoms with van der Waals surface area (Å²) in [7, 11) is -5.05. The lowest BCUT2D eigenvalue weighted by Crippen LogP contribution is -2.60. The fraction of sp³-hybridized carbons (Fsp3) is 0.978. The van der Waals surface area contributed by atoms with Gasteiger partial charge in [-0.3, -0.25) is 9.35 Å². The van der Waals surface area contributed by atoms with Crippen LogP contribution in [-0.4, -0.2) is 97.5 Å². The van der Waals surface area contributed by atoms with E-state index in [-0.39, 0.29) is 19.6 Å². The Morgan fingerprint density at radius 2 is 0.983 bits per heavy atom. The van der Waals surface area contributed by atoms with Crippen molar-refractivity contribution in [1.82, 2.24) is 0 Å². The maximum Gasteiger partial charge on any atom is 0.397 e. The molecular weight excluding hydrogens is 765 g/mol. The van der Waals surface area contributed by atoms with Crippen LogP contribution in [0.5, 0.6) is 0 Å². The van der Waals surface area contributed by atoms with Crippen LogP contribution in [0, 0.1) is 0 Å². The summed E-state index contributed by atoms with van der Waals surface area (Å²) in [5, 5.41) is 30.6. The molecule has 0 spiro atoms. The van der Waals surface area contributed by atoms with Crippen molar-refractivity contribution in [1.29, 1.82) is 0 Å². The summed E-state index contributed by atoms with van der Waals surface area (Å²) < 4.78 is 59.0. The van der Waals surface area contributed by atoms with Gasteiger partial charge in [0.2, 0.25) is 0 Å². The molecule has 12 nitrogen and oxygen atoms in total. The van der Waals surface area contributed by atoms with Gasteiger partial charge >= 0.3 is 16.4 Å². The smallest absolute Gasteiger partial charge is 0.397 e. The Bertz CT molecular complexity index is 1030. The zero-order valence-corrected chi connectivity index (χ0v) is 37.7. The fourth-order valence-electron chi connectivity index (χ4n) is 7.62. The molecule has 1 aliphatic heterocycles. The summed E-state index contributed by atoms with van der Waals surface area (Å²) >= 11 is 0. The highest BCUT2D eigenvalue weighted by Gasteiger charge is 2.48. The highest BCUT2D eigenvalue weighted by molar-refractivity contribution is 7.80. The first-order valence-corrected chi connectivity index (χ1v) is 25.2. The van der Waals surface area contributed by atoms with Crippen molar-refractivity contribution in [3.8, 4) is 0 Å². The van der Waals surface area contributed by atoms with Gasteiger partial charge in [-0.2, -0.15) is 8.42 Å². The molecule has 0 aromatic rings. The third-order valence-corrected chi connectivity index (χ3v) is 11.7. The van der Waals surface area contributed by atoms with E-state index in [1.165, 1.54) is 154 Å². The van der Waals surface area contributed by atoms with Gasteiger partial charge in [-0.05, 0) is 12.8 Å². The minimum atomic E-state index is -5.05. The van der Waals surface area contributed by atoms with E-state index in [1.54, 1.807) is 0 Å². The average molecular weight is 853 g/mol. The highest BCUT2D eigenvalue weighted by atomic mass is 32.3. The fourth-order valence-corrected chi connectivity index (χ4v) is 8.12. The predicted molar refractivity (Wildman–Crippen MR) is 230 cm³/mol. The molecule has 0 aliphatic carbocycles. The summed E-state index contributed by atoms with van der Waals surface area (Å²) in [4.78, 5) is 12.8. The van der Waals surface area contributed by atoms with Crippen molar-refractivity contribution >= 4 is 16.4 Å². The van der Waals surface area contributed by atoms with E-state index in [1.807, 2.05) is 0 Å². The summed E-state index contributed by atoms with van der Waals surface area (Å²) in [5.41, 5.74) is 0. The molecule has 13 heteroatoms. The van der Waals surface area contributed by atoms with E-state index in [2.05, 4.69) is 18.0 Å². The van der Waals surface area contributed by atoms with Crippen LogP contribution in [0.3, 0.4) is 0 Å². The number of hydrogen-bond acceptors (Lipinski definition) is 11. The second-order valence-electron chi connectivity index (χ2n) is 16.7. The van der Waals surface area contributed by atoms with Gasteiger partial charge in [-0.15, -0.1) is 0 Å². The molecule has 6 atom stereocenters. The summed E-state index contributed by atoms with van der Waals surface area (Å²) in [6.45, 7) is 4.01. The van der Waals surface area contributed by atoms with E-state index >= 15 is 0 Å². The summed E-state index contributed by atoms with van der Waals surface area (Å²) in [5.74, 6) is -0.396. The molecule has 6 unspecified atom stereocenters. The Hall–Kier alpha value is -0.900. The molecule has 0 saturated carbocycles. The third kappa shape index (κ3) is 31.0. The maximum absolute atomic E-state index is 12.8. The number of esters is 1. The lowest BCUT2D eigenvalue weighted by molar-refractivity contribution is -0.301. The van der Waals surface area contributed by atoms with Crippen LogP contribution in [0.2, 0.25) is 0 Å². The first-order chi connectivity index (χ1) is 28.1. The Balaban J connectivity index is 2.32. The van der Waals surface area contributed by atoms with Gasteiger partial charge in [-0.25, -0.2) is 4.18 Å². The largest absolute Gasteiger partial charge is 0.457 e. The number of unbranched alkanes of at least 4 members (excludes halogenated alkanes) is 29. The van der Waals surface area contributed by atoms with Crippen molar-refractivity contribution in [2.45, 2.75) is 256 Å². The number of hydrogen-bond donors (Lipinski definition) is 4. The van der Waals surface area contributed by atoms with Crippen molar-refractivity contribution in [2.24, 2.45) is 0 Å². The predicted octanol–water partition coefficient (Wildman–Crippen LogP) is 10.1. The van der Waals surface area contributed by atoms with Gasteiger partial charge in [0, 0.05) is 13.0 Å². The molecule has 0 radical (unpaired) electrons. The zero-order chi connectivity index (χ0) is 42.5. The number of aliphatic hydroxyl groups excluding tert-OH is 3. The van der Waals surface area contributed by atoms with Crippen LogP contribution in [0.15, 0.2) is 0 Å². The molecule has 1 saturated heterocycles. The summed E-state index contributed by atoms with van der Waals surface area (Å²) in [6, 6.07) is 0. The van der Waals surface area contributed by atoms with Gasteiger partial charge in [0.25, 0.3) is 0 Å². The van der Waals surface area contributed by atoms with E-state index < -0.39 is 59.8 Å². The van der Waals surface area contributed by atoms with Crippen LogP contribution in [0.25, 0.3) is 0 Å². The Kier molecular flexibility index (Phi) is 35.9. The van der Waals surface area contributed by atoms with Crippen molar-refractivity contribution in [3.63, 3.8) is 0 Å². The van der Waals surface area contributed by atoms with Gasteiger partial charge in [0.05, 0.1) is 19.8 Å². The van der Waals surface area contributed by atoms with E-state index in [0.29, 0.717) is 13.0 Å². The van der Waals surface area contributed by atoms with Gasteiger partial charge in [0.1, 0.15) is 30.5 Å². The minimum Gasteiger partial charge on any atom is -0.457 e. The quantitative estimate of drug-likeness (QED) is 0.0260. The molecule has 1 rings (SSSR count). The second-order valence-corrected chi connectivity index (χ2v) is 17.8. The molecule has 346 valence electrons. The molecule has 0 amide bonds.